The van der Waals surface area contributed by atoms with Crippen molar-refractivity contribution in [2.24, 2.45) is 11.0 Å². The Labute approximate surface area is 208 Å². The van der Waals surface area contributed by atoms with Crippen molar-refractivity contribution in [3.05, 3.63) is 62.5 Å². The molecule has 2 aromatic carbocycles. The normalized spacial score (nSPS) is 21.9. The second kappa shape index (κ2) is 10.6. The van der Waals surface area contributed by atoms with Gasteiger partial charge in [-0.25, -0.2) is 0 Å². The zero-order valence-corrected chi connectivity index (χ0v) is 21.3. The molecule has 2 aliphatic rings. The fourth-order valence-electron chi connectivity index (χ4n) is 4.79. The molecule has 32 heavy (non-hydrogen) atoms. The van der Waals surface area contributed by atoms with Gasteiger partial charge in [-0.15, -0.1) is 0 Å². The van der Waals surface area contributed by atoms with Crippen molar-refractivity contribution in [1.29, 1.82) is 0 Å². The molecule has 7 heteroatoms. The van der Waals surface area contributed by atoms with E-state index in [1.54, 1.807) is 6.07 Å². The van der Waals surface area contributed by atoms with Gasteiger partial charge in [-0.1, -0.05) is 83.9 Å². The molecule has 2 aromatic rings. The van der Waals surface area contributed by atoms with E-state index in [-0.39, 0.29) is 23.9 Å². The Morgan fingerprint density at radius 3 is 2.41 bits per heavy atom. The maximum absolute atomic E-state index is 13.4. The van der Waals surface area contributed by atoms with E-state index in [0.717, 1.165) is 35.0 Å². The van der Waals surface area contributed by atoms with Gasteiger partial charge in [0.2, 0.25) is 0 Å². The monoisotopic (exact) mass is 535 g/mol. The lowest BCUT2D eigenvalue weighted by Gasteiger charge is -2.29. The Bertz CT molecular complexity index is 987. The van der Waals surface area contributed by atoms with Crippen molar-refractivity contribution in [2.75, 3.05) is 5.01 Å². The predicted molar refractivity (Wildman–Crippen MR) is 137 cm³/mol. The highest BCUT2D eigenvalue weighted by molar-refractivity contribution is 9.10. The number of hydrazone groups is 1. The minimum atomic E-state index is -0.123. The quantitative estimate of drug-likeness (QED) is 0.401. The molecule has 0 aromatic heterocycles. The van der Waals surface area contributed by atoms with E-state index in [9.17, 15) is 4.79 Å². The number of nitrogens with one attached hydrogen (secondary N) is 1. The zero-order chi connectivity index (χ0) is 22.7. The Kier molecular flexibility index (Phi) is 7.80. The predicted octanol–water partition coefficient (Wildman–Crippen LogP) is 7.54. The molecule has 0 bridgehead atoms. The molecule has 2 unspecified atom stereocenters. The maximum atomic E-state index is 13.4. The standard InChI is InChI=1S/C25H28BrCl2N3O/c1-2-20-23(25(32)29-19-7-5-3-4-6-8-19)30-31(22-14-13-18(27)15-21(22)28)24(20)16-9-11-17(26)12-10-16/h9-15,19-20,24H,2-8H2,1H3,(H,29,32). The first-order valence-corrected chi connectivity index (χ1v) is 12.9. The highest BCUT2D eigenvalue weighted by atomic mass is 79.9. The van der Waals surface area contributed by atoms with E-state index in [1.807, 2.05) is 29.3 Å². The second-order valence-electron chi connectivity index (χ2n) is 8.60. The van der Waals surface area contributed by atoms with Crippen molar-refractivity contribution < 1.29 is 4.79 Å². The van der Waals surface area contributed by atoms with Crippen LogP contribution in [0.15, 0.2) is 52.0 Å². The van der Waals surface area contributed by atoms with Crippen LogP contribution in [-0.2, 0) is 4.79 Å². The number of hydrogen-bond donors (Lipinski definition) is 1. The molecule has 4 rings (SSSR count). The summed E-state index contributed by atoms with van der Waals surface area (Å²) in [7, 11) is 0. The summed E-state index contributed by atoms with van der Waals surface area (Å²) in [4.78, 5) is 13.4. The highest BCUT2D eigenvalue weighted by Crippen LogP contribution is 2.43. The molecule has 1 amide bonds. The number of nitrogens with zero attached hydrogens (tertiary/aromatic N) is 2. The third-order valence-corrected chi connectivity index (χ3v) is 7.51. The molecule has 1 aliphatic heterocycles. The molecule has 1 saturated carbocycles. The van der Waals surface area contributed by atoms with Gasteiger partial charge in [0.25, 0.3) is 5.91 Å². The SMILES string of the molecule is CCC1C(C(=O)NC2CCCCCC2)=NN(c2ccc(Cl)cc2Cl)C1c1ccc(Br)cc1. The zero-order valence-electron chi connectivity index (χ0n) is 18.2. The first-order chi connectivity index (χ1) is 15.5. The number of carbonyl (C=O) groups is 1. The van der Waals surface area contributed by atoms with Crippen molar-refractivity contribution in [3.63, 3.8) is 0 Å². The van der Waals surface area contributed by atoms with Crippen LogP contribution in [0.2, 0.25) is 10.0 Å². The van der Waals surface area contributed by atoms with Gasteiger partial charge in [-0.05, 0) is 55.2 Å². The highest BCUT2D eigenvalue weighted by Gasteiger charge is 2.42. The number of benzene rings is 2. The van der Waals surface area contributed by atoms with Crippen LogP contribution in [0.25, 0.3) is 0 Å². The molecule has 1 fully saturated rings. The van der Waals surface area contributed by atoms with Gasteiger partial charge in [-0.2, -0.15) is 5.10 Å². The van der Waals surface area contributed by atoms with Crippen LogP contribution >= 0.6 is 39.1 Å². The van der Waals surface area contributed by atoms with E-state index in [0.29, 0.717) is 15.8 Å². The third kappa shape index (κ3) is 5.16. The summed E-state index contributed by atoms with van der Waals surface area (Å²) in [6.07, 6.45) is 7.71. The van der Waals surface area contributed by atoms with Crippen LogP contribution in [0.3, 0.4) is 0 Å². The van der Waals surface area contributed by atoms with Crippen LogP contribution in [0.5, 0.6) is 0 Å². The third-order valence-electron chi connectivity index (χ3n) is 6.44. The summed E-state index contributed by atoms with van der Waals surface area (Å²) in [5.74, 6) is -0.104. The molecular formula is C25H28BrCl2N3O. The molecule has 2 atom stereocenters. The van der Waals surface area contributed by atoms with E-state index in [4.69, 9.17) is 28.3 Å². The second-order valence-corrected chi connectivity index (χ2v) is 10.4. The average Bonchev–Trinajstić information content (AvgIpc) is 2.96. The molecule has 1 heterocycles. The number of rotatable bonds is 5. The minimum Gasteiger partial charge on any atom is -0.348 e. The average molecular weight is 537 g/mol. The molecule has 170 valence electrons. The molecule has 0 radical (unpaired) electrons. The van der Waals surface area contributed by atoms with Gasteiger partial charge in [0.15, 0.2) is 0 Å². The maximum Gasteiger partial charge on any atom is 0.268 e. The van der Waals surface area contributed by atoms with Crippen molar-refractivity contribution in [3.8, 4) is 0 Å². The molecule has 4 nitrogen and oxygen atoms in total. The lowest BCUT2D eigenvalue weighted by molar-refractivity contribution is -0.115. The van der Waals surface area contributed by atoms with Crippen LogP contribution in [0.4, 0.5) is 5.69 Å². The smallest absolute Gasteiger partial charge is 0.268 e. The molecule has 1 aliphatic carbocycles. The van der Waals surface area contributed by atoms with Crippen molar-refractivity contribution in [2.45, 2.75) is 64.0 Å². The summed E-state index contributed by atoms with van der Waals surface area (Å²) < 4.78 is 1.01. The number of amides is 1. The number of hydrogen-bond acceptors (Lipinski definition) is 3. The topological polar surface area (TPSA) is 44.7 Å². The summed E-state index contributed by atoms with van der Waals surface area (Å²) >= 11 is 16.2. The molecule has 1 N–H and O–H groups in total. The van der Waals surface area contributed by atoms with E-state index >= 15 is 0 Å². The van der Waals surface area contributed by atoms with Gasteiger partial charge < -0.3 is 5.32 Å². The Hall–Kier alpha value is -1.56. The van der Waals surface area contributed by atoms with Crippen LogP contribution < -0.4 is 10.3 Å². The fourth-order valence-corrected chi connectivity index (χ4v) is 5.55. The van der Waals surface area contributed by atoms with Gasteiger partial charge in [0, 0.05) is 21.5 Å². The summed E-state index contributed by atoms with van der Waals surface area (Å²) in [5, 5.41) is 11.1. The van der Waals surface area contributed by atoms with Gasteiger partial charge in [0.1, 0.15) is 5.71 Å². The molecule has 0 spiro atoms. The van der Waals surface area contributed by atoms with Gasteiger partial charge in [-0.3, -0.25) is 9.80 Å². The fraction of sp³-hybridized carbons (Fsp3) is 0.440. The van der Waals surface area contributed by atoms with Crippen molar-refractivity contribution in [1.82, 2.24) is 5.32 Å². The van der Waals surface area contributed by atoms with Crippen LogP contribution in [0, 0.1) is 5.92 Å². The van der Waals surface area contributed by atoms with Crippen molar-refractivity contribution >= 4 is 56.4 Å². The number of carbonyl (C=O) groups excluding carboxylic acids is 1. The Morgan fingerprint density at radius 2 is 1.78 bits per heavy atom. The van der Waals surface area contributed by atoms with Crippen LogP contribution in [0.1, 0.15) is 63.5 Å². The number of anilines is 1. The number of halogens is 3. The van der Waals surface area contributed by atoms with Gasteiger partial charge >= 0.3 is 0 Å². The van der Waals surface area contributed by atoms with E-state index in [2.05, 4.69) is 40.3 Å². The van der Waals surface area contributed by atoms with E-state index < -0.39 is 0 Å². The minimum absolute atomic E-state index is 0.0475. The van der Waals surface area contributed by atoms with Gasteiger partial charge in [0.05, 0.1) is 16.8 Å². The van der Waals surface area contributed by atoms with Crippen LogP contribution in [-0.4, -0.2) is 17.7 Å². The Morgan fingerprint density at radius 1 is 1.09 bits per heavy atom. The summed E-state index contributed by atoms with van der Waals surface area (Å²) in [6.45, 7) is 2.11. The lowest BCUT2D eigenvalue weighted by atomic mass is 9.87. The first kappa shape index (κ1) is 23.6. The first-order valence-electron chi connectivity index (χ1n) is 11.4. The Balaban J connectivity index is 1.70. The summed E-state index contributed by atoms with van der Waals surface area (Å²) in [5.41, 5.74) is 2.42. The lowest BCUT2D eigenvalue weighted by Crippen LogP contribution is -2.41. The van der Waals surface area contributed by atoms with E-state index in [1.165, 1.54) is 25.7 Å². The summed E-state index contributed by atoms with van der Waals surface area (Å²) in [6, 6.07) is 13.7. The molecular weight excluding hydrogens is 509 g/mol. The molecule has 0 saturated heterocycles. The largest absolute Gasteiger partial charge is 0.348 e.